The maximum Gasteiger partial charge on any atom is 0.342 e. The Morgan fingerprint density at radius 2 is 1.53 bits per heavy atom. The van der Waals surface area contributed by atoms with E-state index in [4.69, 9.17) is 14.3 Å². The number of esters is 2. The lowest BCUT2D eigenvalue weighted by Crippen LogP contribution is -2.03. The van der Waals surface area contributed by atoms with Gasteiger partial charge in [-0.1, -0.05) is 25.1 Å². The van der Waals surface area contributed by atoms with Crippen LogP contribution in [0.4, 0.5) is 13.2 Å². The number of amides is 2. The van der Waals surface area contributed by atoms with E-state index < -0.39 is 29.3 Å². The molecule has 2 amide bonds. The van der Waals surface area contributed by atoms with Crippen molar-refractivity contribution >= 4 is 84.1 Å². The molecule has 0 fully saturated rings. The van der Waals surface area contributed by atoms with E-state index in [0.29, 0.717) is 32.7 Å². The number of methoxy groups -OCH3 is 1. The van der Waals surface area contributed by atoms with E-state index in [1.807, 2.05) is 6.07 Å². The molecule has 0 bridgehead atoms. The van der Waals surface area contributed by atoms with Crippen LogP contribution in [0.1, 0.15) is 56.9 Å². The third-order valence-corrected chi connectivity index (χ3v) is 7.67. The first kappa shape index (κ1) is 41.9. The van der Waals surface area contributed by atoms with Crippen LogP contribution in [0.25, 0.3) is 21.7 Å². The van der Waals surface area contributed by atoms with Crippen molar-refractivity contribution in [2.45, 2.75) is 27.2 Å². The Morgan fingerprint density at radius 1 is 0.882 bits per heavy atom. The van der Waals surface area contributed by atoms with Gasteiger partial charge >= 0.3 is 11.9 Å². The number of rotatable bonds is 6. The van der Waals surface area contributed by atoms with Crippen LogP contribution in [-0.4, -0.2) is 49.4 Å². The summed E-state index contributed by atoms with van der Waals surface area (Å²) in [6.07, 6.45) is 2.12. The van der Waals surface area contributed by atoms with Crippen LogP contribution in [0, 0.1) is 24.4 Å². The SMILES string of the molecule is CCC(=O)N=NC=O.CCOC(=O)c1coc2c(F)c(Br)ccc12.COC(=O)c1ccc2ccc(C)c(F)c2c1.O=Cc1ccc(Br)c(F)c1O. The Morgan fingerprint density at radius 3 is 2.14 bits per heavy atom. The van der Waals surface area contributed by atoms with Crippen molar-refractivity contribution in [1.29, 1.82) is 0 Å². The van der Waals surface area contributed by atoms with Crippen molar-refractivity contribution in [2.24, 2.45) is 10.2 Å². The van der Waals surface area contributed by atoms with Crippen molar-refractivity contribution in [1.82, 2.24) is 0 Å². The Bertz CT molecular complexity index is 2090. The van der Waals surface area contributed by atoms with Gasteiger partial charge in [0.25, 0.3) is 12.3 Å². The molecule has 0 atom stereocenters. The van der Waals surface area contributed by atoms with Crippen LogP contribution in [0.5, 0.6) is 5.75 Å². The molecule has 5 aromatic rings. The number of benzene rings is 4. The molecule has 51 heavy (non-hydrogen) atoms. The normalized spacial score (nSPS) is 10.2. The maximum atomic E-state index is 13.8. The molecule has 268 valence electrons. The Hall–Kier alpha value is -5.22. The zero-order valence-corrected chi connectivity index (χ0v) is 30.5. The number of nitrogens with zero attached hydrogens (tertiary/aromatic N) is 2. The molecule has 0 aliphatic heterocycles. The number of aryl methyl sites for hydroxylation is 1. The fourth-order valence-corrected chi connectivity index (χ4v) is 4.49. The summed E-state index contributed by atoms with van der Waals surface area (Å²) in [6.45, 7) is 5.31. The number of carbonyl (C=O) groups excluding carboxylic acids is 5. The minimum atomic E-state index is -0.811. The van der Waals surface area contributed by atoms with Crippen LogP contribution < -0.4 is 0 Å². The Labute approximate surface area is 305 Å². The molecule has 1 N–H and O–H groups in total. The predicted molar refractivity (Wildman–Crippen MR) is 187 cm³/mol. The number of aldehydes is 1. The number of azo groups is 1. The van der Waals surface area contributed by atoms with Gasteiger partial charge in [-0.05, 0) is 93.1 Å². The molecule has 5 rings (SSSR count). The number of halogens is 5. The first-order chi connectivity index (χ1) is 24.2. The Balaban J connectivity index is 0.000000244. The van der Waals surface area contributed by atoms with Crippen molar-refractivity contribution < 1.29 is 56.1 Å². The summed E-state index contributed by atoms with van der Waals surface area (Å²) in [5.41, 5.74) is 1.17. The second-order valence-corrected chi connectivity index (χ2v) is 11.4. The smallest absolute Gasteiger partial charge is 0.342 e. The number of aromatic hydroxyl groups is 1. The molecule has 0 aliphatic carbocycles. The number of hydrogen-bond donors (Lipinski definition) is 1. The number of furan rings is 1. The van der Waals surface area contributed by atoms with Crippen molar-refractivity contribution in [3.8, 4) is 5.75 Å². The van der Waals surface area contributed by atoms with Gasteiger partial charge < -0.3 is 19.0 Å². The molecule has 1 heterocycles. The van der Waals surface area contributed by atoms with E-state index in [2.05, 4.69) is 46.8 Å². The van der Waals surface area contributed by atoms with Crippen LogP contribution in [0.2, 0.25) is 0 Å². The highest BCUT2D eigenvalue weighted by atomic mass is 79.9. The van der Waals surface area contributed by atoms with Gasteiger partial charge in [0.1, 0.15) is 17.6 Å². The molecule has 4 aromatic carbocycles. The number of phenolic OH excluding ortho intramolecular Hbond substituents is 1. The fourth-order valence-electron chi connectivity index (χ4n) is 3.85. The zero-order valence-electron chi connectivity index (χ0n) is 27.3. The molecule has 0 unspecified atom stereocenters. The molecule has 11 nitrogen and oxygen atoms in total. The molecule has 16 heteroatoms. The van der Waals surface area contributed by atoms with Gasteiger partial charge in [0.2, 0.25) is 0 Å². The predicted octanol–water partition coefficient (Wildman–Crippen LogP) is 9.22. The quantitative estimate of drug-likeness (QED) is 0.0998. The van der Waals surface area contributed by atoms with E-state index in [1.165, 1.54) is 37.6 Å². The molecule has 0 radical (unpaired) electrons. The summed E-state index contributed by atoms with van der Waals surface area (Å²) >= 11 is 5.90. The lowest BCUT2D eigenvalue weighted by molar-refractivity contribution is -0.119. The van der Waals surface area contributed by atoms with E-state index in [1.54, 1.807) is 45.0 Å². The first-order valence-electron chi connectivity index (χ1n) is 14.5. The second kappa shape index (κ2) is 20.5. The van der Waals surface area contributed by atoms with Crippen LogP contribution >= 0.6 is 31.9 Å². The molecule has 0 aliphatic rings. The van der Waals surface area contributed by atoms with Gasteiger partial charge in [0.05, 0.1) is 33.8 Å². The van der Waals surface area contributed by atoms with E-state index in [9.17, 15) is 37.1 Å². The number of carbonyl (C=O) groups is 5. The molecule has 0 saturated heterocycles. The zero-order chi connectivity index (χ0) is 38.2. The summed E-state index contributed by atoms with van der Waals surface area (Å²) in [5.74, 6) is -3.58. The average Bonchev–Trinajstić information content (AvgIpc) is 3.58. The lowest BCUT2D eigenvalue weighted by atomic mass is 10.0. The number of fused-ring (bicyclic) bond motifs is 2. The summed E-state index contributed by atoms with van der Waals surface area (Å²) in [7, 11) is 1.30. The molecular formula is C35H29Br2F3N2O9. The highest BCUT2D eigenvalue weighted by Crippen LogP contribution is 2.29. The van der Waals surface area contributed by atoms with E-state index >= 15 is 0 Å². The van der Waals surface area contributed by atoms with Crippen molar-refractivity contribution in [3.63, 3.8) is 0 Å². The monoisotopic (exact) mass is 836 g/mol. The standard InChI is InChI=1S/C13H11FO2.C11H8BrFO3.C7H4BrFO2.C4H6N2O2/c1-8-3-4-9-5-6-10(13(15)16-2)7-11(9)12(8)14;1-2-15-11(14)7-5-16-10-6(7)3-4-8(12)9(10)13;8-5-2-1-4(3-10)7(11)6(5)9;1-2-4(8)6-5-3-7/h3-7H,1-2H3;3-5H,2H2,1H3;1-3,11H;3H,2H2,1H3. The minimum absolute atomic E-state index is 0.0503. The molecular weight excluding hydrogens is 809 g/mol. The van der Waals surface area contributed by atoms with E-state index in [-0.39, 0.29) is 52.3 Å². The van der Waals surface area contributed by atoms with Gasteiger partial charge in [0.15, 0.2) is 29.3 Å². The van der Waals surface area contributed by atoms with Crippen LogP contribution in [0.3, 0.4) is 0 Å². The maximum absolute atomic E-state index is 13.8. The average molecular weight is 838 g/mol. The summed E-state index contributed by atoms with van der Waals surface area (Å²) < 4.78 is 55.0. The first-order valence-corrected chi connectivity index (χ1v) is 16.1. The van der Waals surface area contributed by atoms with Crippen LogP contribution in [-0.2, 0) is 19.1 Å². The second-order valence-electron chi connectivity index (χ2n) is 9.72. The van der Waals surface area contributed by atoms with Gasteiger partial charge in [-0.25, -0.2) is 22.8 Å². The van der Waals surface area contributed by atoms with Crippen LogP contribution in [0.15, 0.2) is 84.5 Å². The summed E-state index contributed by atoms with van der Waals surface area (Å²) in [6, 6.07) is 14.2. The Kier molecular flexibility index (Phi) is 16.8. The number of phenols is 1. The lowest BCUT2D eigenvalue weighted by Gasteiger charge is -2.04. The van der Waals surface area contributed by atoms with Gasteiger partial charge in [0, 0.05) is 17.2 Å². The van der Waals surface area contributed by atoms with Gasteiger partial charge in [-0.15, -0.1) is 10.2 Å². The summed E-state index contributed by atoms with van der Waals surface area (Å²) in [4.78, 5) is 52.5. The highest BCUT2D eigenvalue weighted by Gasteiger charge is 2.18. The summed E-state index contributed by atoms with van der Waals surface area (Å²) in [5, 5.41) is 16.4. The van der Waals surface area contributed by atoms with Gasteiger partial charge in [-0.2, -0.15) is 0 Å². The third-order valence-electron chi connectivity index (χ3n) is 6.45. The molecule has 1 aromatic heterocycles. The number of hydrogen-bond acceptors (Lipinski definition) is 9. The number of ether oxygens (including phenoxy) is 2. The van der Waals surface area contributed by atoms with Crippen molar-refractivity contribution in [2.75, 3.05) is 13.7 Å². The largest absolute Gasteiger partial charge is 0.504 e. The minimum Gasteiger partial charge on any atom is -0.504 e. The highest BCUT2D eigenvalue weighted by molar-refractivity contribution is 9.10. The molecule has 0 saturated carbocycles. The van der Waals surface area contributed by atoms with Gasteiger partial charge in [-0.3, -0.25) is 14.4 Å². The van der Waals surface area contributed by atoms with E-state index in [0.717, 1.165) is 5.39 Å². The van der Waals surface area contributed by atoms with Crippen molar-refractivity contribution in [3.05, 3.63) is 110 Å². The topological polar surface area (TPSA) is 162 Å². The fraction of sp³-hybridized carbons (Fsp3) is 0.171. The molecule has 0 spiro atoms. The third kappa shape index (κ3) is 11.4.